The largest absolute Gasteiger partial charge is 0.479 e. The molecule has 1 aliphatic rings. The summed E-state index contributed by atoms with van der Waals surface area (Å²) in [5.41, 5.74) is 0.558. The van der Waals surface area contributed by atoms with Crippen LogP contribution in [0.15, 0.2) is 36.4 Å². The number of ether oxygens (including phenoxy) is 2. The number of carbonyl (C=O) groups is 4. The summed E-state index contributed by atoms with van der Waals surface area (Å²) in [5.74, 6) is -2.71. The van der Waals surface area contributed by atoms with Gasteiger partial charge >= 0.3 is 11.9 Å². The van der Waals surface area contributed by atoms with E-state index < -0.39 is 35.7 Å². The zero-order valence-electron chi connectivity index (χ0n) is 16.4. The predicted molar refractivity (Wildman–Crippen MR) is 104 cm³/mol. The molecule has 8 heteroatoms. The van der Waals surface area contributed by atoms with Crippen LogP contribution in [-0.2, 0) is 9.59 Å². The molecule has 1 aliphatic carbocycles. The van der Waals surface area contributed by atoms with E-state index in [4.69, 9.17) is 19.7 Å². The first-order chi connectivity index (χ1) is 14.3. The number of carboxylic acids is 2. The van der Waals surface area contributed by atoms with Crippen LogP contribution in [0.2, 0.25) is 0 Å². The fourth-order valence-electron chi connectivity index (χ4n) is 3.20. The highest BCUT2D eigenvalue weighted by molar-refractivity contribution is 6.28. The maximum absolute atomic E-state index is 12.9. The number of hydrogen-bond donors (Lipinski definition) is 2. The Kier molecular flexibility index (Phi) is 5.86. The van der Waals surface area contributed by atoms with Gasteiger partial charge in [0, 0.05) is 22.3 Å². The third-order valence-electron chi connectivity index (χ3n) is 4.81. The van der Waals surface area contributed by atoms with Gasteiger partial charge in [-0.1, -0.05) is 13.8 Å². The zero-order valence-corrected chi connectivity index (χ0v) is 16.4. The molecule has 30 heavy (non-hydrogen) atoms. The van der Waals surface area contributed by atoms with Crippen molar-refractivity contribution >= 4 is 23.5 Å². The van der Waals surface area contributed by atoms with Crippen LogP contribution >= 0.6 is 0 Å². The first-order valence-corrected chi connectivity index (χ1v) is 9.43. The lowest BCUT2D eigenvalue weighted by molar-refractivity contribution is -0.146. The molecule has 2 N–H and O–H groups in total. The van der Waals surface area contributed by atoms with Gasteiger partial charge in [-0.15, -0.1) is 0 Å². The third-order valence-corrected chi connectivity index (χ3v) is 4.81. The molecular formula is C22H20O8. The lowest BCUT2D eigenvalue weighted by atomic mass is 9.84. The monoisotopic (exact) mass is 412 g/mol. The topological polar surface area (TPSA) is 127 Å². The van der Waals surface area contributed by atoms with Crippen molar-refractivity contribution < 1.29 is 38.9 Å². The molecule has 2 unspecified atom stereocenters. The van der Waals surface area contributed by atoms with Crippen molar-refractivity contribution in [2.75, 3.05) is 0 Å². The van der Waals surface area contributed by atoms with E-state index >= 15 is 0 Å². The number of benzene rings is 2. The van der Waals surface area contributed by atoms with Gasteiger partial charge in [0.05, 0.1) is 0 Å². The van der Waals surface area contributed by atoms with Crippen LogP contribution in [0.4, 0.5) is 0 Å². The van der Waals surface area contributed by atoms with Gasteiger partial charge in [0.1, 0.15) is 11.5 Å². The Morgan fingerprint density at radius 3 is 1.40 bits per heavy atom. The second-order valence-electron chi connectivity index (χ2n) is 6.78. The van der Waals surface area contributed by atoms with E-state index in [9.17, 15) is 19.2 Å². The van der Waals surface area contributed by atoms with Crippen molar-refractivity contribution in [2.45, 2.75) is 38.9 Å². The number of aliphatic carboxylic acids is 2. The molecule has 0 aliphatic heterocycles. The average Bonchev–Trinajstić information content (AvgIpc) is 2.73. The second kappa shape index (κ2) is 8.36. The van der Waals surface area contributed by atoms with E-state index in [2.05, 4.69) is 0 Å². The van der Waals surface area contributed by atoms with E-state index in [1.807, 2.05) is 0 Å². The van der Waals surface area contributed by atoms with Crippen molar-refractivity contribution in [2.24, 2.45) is 0 Å². The zero-order chi connectivity index (χ0) is 22.0. The van der Waals surface area contributed by atoms with Gasteiger partial charge in [-0.2, -0.15) is 0 Å². The molecule has 2 atom stereocenters. The molecule has 0 aromatic heterocycles. The Morgan fingerprint density at radius 2 is 1.10 bits per heavy atom. The molecule has 0 radical (unpaired) electrons. The first kappa shape index (κ1) is 21.0. The van der Waals surface area contributed by atoms with E-state index in [0.29, 0.717) is 0 Å². The van der Waals surface area contributed by atoms with Crippen LogP contribution in [0.3, 0.4) is 0 Å². The van der Waals surface area contributed by atoms with Crippen molar-refractivity contribution in [1.29, 1.82) is 0 Å². The van der Waals surface area contributed by atoms with E-state index in [0.717, 1.165) is 0 Å². The third kappa shape index (κ3) is 3.89. The minimum atomic E-state index is -1.12. The fraction of sp³-hybridized carbons (Fsp3) is 0.273. The van der Waals surface area contributed by atoms with Gasteiger partial charge in [0.2, 0.25) is 0 Å². The highest BCUT2D eigenvalue weighted by atomic mass is 16.5. The highest BCUT2D eigenvalue weighted by Gasteiger charge is 2.31. The summed E-state index contributed by atoms with van der Waals surface area (Å²) in [5, 5.41) is 18.3. The minimum absolute atomic E-state index is 0.121. The van der Waals surface area contributed by atoms with Crippen LogP contribution < -0.4 is 9.47 Å². The molecule has 2 aromatic carbocycles. The van der Waals surface area contributed by atoms with Crippen LogP contribution in [0.5, 0.6) is 11.5 Å². The minimum Gasteiger partial charge on any atom is -0.479 e. The van der Waals surface area contributed by atoms with Crippen molar-refractivity contribution in [3.8, 4) is 11.5 Å². The highest BCUT2D eigenvalue weighted by Crippen LogP contribution is 2.32. The van der Waals surface area contributed by atoms with E-state index in [1.54, 1.807) is 13.8 Å². The molecule has 0 bridgehead atoms. The van der Waals surface area contributed by atoms with Gasteiger partial charge in [-0.25, -0.2) is 9.59 Å². The Balaban J connectivity index is 1.94. The number of rotatable bonds is 8. The summed E-state index contributed by atoms with van der Waals surface area (Å²) >= 11 is 0. The van der Waals surface area contributed by atoms with E-state index in [1.165, 1.54) is 36.4 Å². The van der Waals surface area contributed by atoms with Crippen molar-refractivity contribution in [3.05, 3.63) is 58.7 Å². The van der Waals surface area contributed by atoms with Gasteiger partial charge in [0.15, 0.2) is 23.8 Å². The number of ketones is 2. The average molecular weight is 412 g/mol. The quantitative estimate of drug-likeness (QED) is 0.578. The molecule has 3 rings (SSSR count). The fourth-order valence-corrected chi connectivity index (χ4v) is 3.20. The standard InChI is InChI=1S/C22H20O8/c1-3-17(21(25)26)29-11-5-7-13-15(9-11)19(23)14-8-6-12(10-16(14)20(13)24)30-18(4-2)22(27)28/h5-10,17-18H,3-4H2,1-2H3,(H,25,26)(H,27,28). The second-order valence-corrected chi connectivity index (χ2v) is 6.78. The normalized spacial score (nSPS) is 14.3. The molecular weight excluding hydrogens is 392 g/mol. The maximum Gasteiger partial charge on any atom is 0.344 e. The molecule has 156 valence electrons. The molecule has 0 fully saturated rings. The Bertz CT molecular complexity index is 956. The first-order valence-electron chi connectivity index (χ1n) is 9.43. The SMILES string of the molecule is CCC(Oc1ccc2c(c1)C(=O)c1ccc(OC(CC)C(=O)O)cc1C2=O)C(=O)O. The van der Waals surface area contributed by atoms with Gasteiger partial charge in [-0.05, 0) is 49.2 Å². The van der Waals surface area contributed by atoms with E-state index in [-0.39, 0.29) is 46.6 Å². The summed E-state index contributed by atoms with van der Waals surface area (Å²) in [4.78, 5) is 48.2. The van der Waals surface area contributed by atoms with Crippen LogP contribution in [0.1, 0.15) is 58.5 Å². The molecule has 0 saturated heterocycles. The summed E-state index contributed by atoms with van der Waals surface area (Å²) in [6, 6.07) is 8.46. The smallest absolute Gasteiger partial charge is 0.344 e. The van der Waals surface area contributed by atoms with Crippen molar-refractivity contribution in [3.63, 3.8) is 0 Å². The molecule has 8 nitrogen and oxygen atoms in total. The summed E-state index contributed by atoms with van der Waals surface area (Å²) in [6.07, 6.45) is -1.66. The van der Waals surface area contributed by atoms with Gasteiger partial charge in [0.25, 0.3) is 0 Å². The molecule has 2 aromatic rings. The number of hydrogen-bond acceptors (Lipinski definition) is 6. The number of carbonyl (C=O) groups excluding carboxylic acids is 2. The predicted octanol–water partition coefficient (Wildman–Crippen LogP) is 2.95. The summed E-state index contributed by atoms with van der Waals surface area (Å²) in [6.45, 7) is 3.32. The van der Waals surface area contributed by atoms with Crippen LogP contribution in [0, 0.1) is 0 Å². The molecule has 0 amide bonds. The van der Waals surface area contributed by atoms with Crippen molar-refractivity contribution in [1.82, 2.24) is 0 Å². The lowest BCUT2D eigenvalue weighted by Gasteiger charge is -2.21. The van der Waals surface area contributed by atoms with Gasteiger partial charge in [-0.3, -0.25) is 9.59 Å². The number of carboxylic acid groups (broad SMARTS) is 2. The Hall–Kier alpha value is -3.68. The Morgan fingerprint density at radius 1 is 0.733 bits per heavy atom. The van der Waals surface area contributed by atoms with Crippen LogP contribution in [-0.4, -0.2) is 45.9 Å². The summed E-state index contributed by atoms with van der Waals surface area (Å²) < 4.78 is 10.8. The van der Waals surface area contributed by atoms with Gasteiger partial charge < -0.3 is 19.7 Å². The van der Waals surface area contributed by atoms with Crippen LogP contribution in [0.25, 0.3) is 0 Å². The summed E-state index contributed by atoms with van der Waals surface area (Å²) in [7, 11) is 0. The Labute approximate surface area is 172 Å². The lowest BCUT2D eigenvalue weighted by Crippen LogP contribution is -2.27. The molecule has 0 saturated carbocycles. The maximum atomic E-state index is 12.9. The molecule has 0 spiro atoms. The molecule has 0 heterocycles. The number of fused-ring (bicyclic) bond motifs is 2.